The molecule has 0 radical (unpaired) electrons. The molecule has 0 saturated heterocycles. The van der Waals surface area contributed by atoms with E-state index in [1.165, 1.54) is 0 Å². The van der Waals surface area contributed by atoms with Crippen LogP contribution in [0.1, 0.15) is 24.4 Å². The van der Waals surface area contributed by atoms with Crippen LogP contribution in [0.2, 0.25) is 0 Å². The average Bonchev–Trinajstić information content (AvgIpc) is 2.77. The molecule has 0 aliphatic carbocycles. The third kappa shape index (κ3) is 2.42. The minimum atomic E-state index is -0.214. The van der Waals surface area contributed by atoms with Gasteiger partial charge in [-0.1, -0.05) is 12.1 Å². The third-order valence-corrected chi connectivity index (χ3v) is 3.81. The summed E-state index contributed by atoms with van der Waals surface area (Å²) in [5.74, 6) is 0. The fourth-order valence-corrected chi connectivity index (χ4v) is 2.48. The van der Waals surface area contributed by atoms with E-state index in [9.17, 15) is 0 Å². The van der Waals surface area contributed by atoms with Gasteiger partial charge in [0.15, 0.2) is 0 Å². The van der Waals surface area contributed by atoms with Crippen LogP contribution in [0.3, 0.4) is 0 Å². The summed E-state index contributed by atoms with van der Waals surface area (Å²) >= 11 is 1.65. The van der Waals surface area contributed by atoms with Gasteiger partial charge in [-0.3, -0.25) is 0 Å². The van der Waals surface area contributed by atoms with Gasteiger partial charge in [0.2, 0.25) is 0 Å². The number of thiazole rings is 1. The van der Waals surface area contributed by atoms with Gasteiger partial charge in [-0.05, 0) is 32.4 Å². The first kappa shape index (κ1) is 11.9. The number of nitrogen functional groups attached to an aromatic ring is 1. The van der Waals surface area contributed by atoms with Crippen LogP contribution in [0.25, 0.3) is 0 Å². The van der Waals surface area contributed by atoms with Crippen molar-refractivity contribution in [2.24, 2.45) is 0 Å². The van der Waals surface area contributed by atoms with Crippen LogP contribution in [-0.4, -0.2) is 4.98 Å². The van der Waals surface area contributed by atoms with E-state index in [-0.39, 0.29) is 5.54 Å². The van der Waals surface area contributed by atoms with E-state index < -0.39 is 0 Å². The van der Waals surface area contributed by atoms with E-state index >= 15 is 0 Å². The highest BCUT2D eigenvalue weighted by Crippen LogP contribution is 2.31. The van der Waals surface area contributed by atoms with Crippen LogP contribution < -0.4 is 11.1 Å². The van der Waals surface area contributed by atoms with Crippen molar-refractivity contribution >= 4 is 22.7 Å². The van der Waals surface area contributed by atoms with Crippen LogP contribution in [0.5, 0.6) is 0 Å². The SMILES string of the molecule is Cc1cccc(N)c1NC(C)(C)c1nccs1. The number of anilines is 2. The monoisotopic (exact) mass is 247 g/mol. The van der Waals surface area contributed by atoms with Crippen molar-refractivity contribution in [2.45, 2.75) is 26.3 Å². The fraction of sp³-hybridized carbons (Fsp3) is 0.308. The summed E-state index contributed by atoms with van der Waals surface area (Å²) in [6.45, 7) is 6.27. The standard InChI is InChI=1S/C13H17N3S/c1-9-5-4-6-10(14)11(9)16-13(2,3)12-15-7-8-17-12/h4-8,16H,14H2,1-3H3. The summed E-state index contributed by atoms with van der Waals surface area (Å²) in [4.78, 5) is 4.36. The molecular weight excluding hydrogens is 230 g/mol. The Morgan fingerprint density at radius 3 is 2.71 bits per heavy atom. The number of benzene rings is 1. The lowest BCUT2D eigenvalue weighted by Gasteiger charge is -2.27. The molecule has 0 amide bonds. The van der Waals surface area contributed by atoms with E-state index in [2.05, 4.69) is 37.1 Å². The van der Waals surface area contributed by atoms with Gasteiger partial charge in [-0.25, -0.2) is 4.98 Å². The third-order valence-electron chi connectivity index (χ3n) is 2.71. The van der Waals surface area contributed by atoms with Gasteiger partial charge in [0, 0.05) is 11.6 Å². The number of nitrogens with one attached hydrogen (secondary N) is 1. The van der Waals surface area contributed by atoms with Crippen molar-refractivity contribution in [1.82, 2.24) is 4.98 Å². The molecule has 0 aliphatic rings. The van der Waals surface area contributed by atoms with E-state index in [0.717, 1.165) is 21.9 Å². The molecule has 90 valence electrons. The predicted molar refractivity (Wildman–Crippen MR) is 74.4 cm³/mol. The van der Waals surface area contributed by atoms with Gasteiger partial charge in [0.05, 0.1) is 16.9 Å². The van der Waals surface area contributed by atoms with E-state index in [4.69, 9.17) is 5.73 Å². The Bertz CT molecular complexity index is 483. The number of hydrogen-bond donors (Lipinski definition) is 2. The zero-order valence-corrected chi connectivity index (χ0v) is 11.1. The summed E-state index contributed by atoms with van der Waals surface area (Å²) < 4.78 is 0. The molecule has 2 aromatic rings. The van der Waals surface area contributed by atoms with Gasteiger partial charge in [0.1, 0.15) is 5.01 Å². The first-order chi connectivity index (χ1) is 8.00. The van der Waals surface area contributed by atoms with Gasteiger partial charge < -0.3 is 11.1 Å². The Hall–Kier alpha value is -1.55. The molecule has 0 atom stereocenters. The number of aromatic nitrogens is 1. The maximum absolute atomic E-state index is 6.00. The number of hydrogen-bond acceptors (Lipinski definition) is 4. The van der Waals surface area contributed by atoms with E-state index in [1.54, 1.807) is 11.3 Å². The van der Waals surface area contributed by atoms with Crippen molar-refractivity contribution in [1.29, 1.82) is 0 Å². The van der Waals surface area contributed by atoms with Crippen LogP contribution >= 0.6 is 11.3 Å². The molecule has 0 bridgehead atoms. The first-order valence-electron chi connectivity index (χ1n) is 5.54. The number of para-hydroxylation sites is 1. The molecule has 17 heavy (non-hydrogen) atoms. The molecule has 1 aromatic heterocycles. The summed E-state index contributed by atoms with van der Waals surface area (Å²) in [5, 5.41) is 6.52. The van der Waals surface area contributed by atoms with Crippen LogP contribution in [-0.2, 0) is 5.54 Å². The smallest absolute Gasteiger partial charge is 0.117 e. The quantitative estimate of drug-likeness (QED) is 0.817. The van der Waals surface area contributed by atoms with Crippen molar-refractivity contribution < 1.29 is 0 Å². The molecule has 3 N–H and O–H groups in total. The minimum Gasteiger partial charge on any atom is -0.397 e. The van der Waals surface area contributed by atoms with E-state index in [0.29, 0.717) is 0 Å². The summed E-state index contributed by atoms with van der Waals surface area (Å²) in [7, 11) is 0. The van der Waals surface area contributed by atoms with Crippen molar-refractivity contribution in [3.05, 3.63) is 40.3 Å². The molecule has 0 fully saturated rings. The second kappa shape index (κ2) is 4.37. The lowest BCUT2D eigenvalue weighted by molar-refractivity contribution is 0.604. The van der Waals surface area contributed by atoms with Gasteiger partial charge in [0.25, 0.3) is 0 Å². The molecule has 4 heteroatoms. The molecule has 0 aliphatic heterocycles. The molecule has 1 heterocycles. The predicted octanol–water partition coefficient (Wildman–Crippen LogP) is 3.38. The Morgan fingerprint density at radius 1 is 1.35 bits per heavy atom. The largest absolute Gasteiger partial charge is 0.397 e. The molecular formula is C13H17N3S. The second-order valence-corrected chi connectivity index (χ2v) is 5.52. The lowest BCUT2D eigenvalue weighted by Crippen LogP contribution is -2.28. The van der Waals surface area contributed by atoms with Gasteiger partial charge >= 0.3 is 0 Å². The van der Waals surface area contributed by atoms with Crippen LogP contribution in [0, 0.1) is 6.92 Å². The molecule has 0 saturated carbocycles. The Labute approximate surface area is 106 Å². The zero-order valence-electron chi connectivity index (χ0n) is 10.3. The van der Waals surface area contributed by atoms with Crippen LogP contribution in [0.4, 0.5) is 11.4 Å². The Balaban J connectivity index is 2.32. The first-order valence-corrected chi connectivity index (χ1v) is 6.42. The topological polar surface area (TPSA) is 50.9 Å². The maximum Gasteiger partial charge on any atom is 0.117 e. The van der Waals surface area contributed by atoms with Crippen molar-refractivity contribution in [3.8, 4) is 0 Å². The molecule has 3 nitrogen and oxygen atoms in total. The highest BCUT2D eigenvalue weighted by Gasteiger charge is 2.24. The van der Waals surface area contributed by atoms with Crippen molar-refractivity contribution in [2.75, 3.05) is 11.1 Å². The van der Waals surface area contributed by atoms with E-state index in [1.807, 2.05) is 23.7 Å². The fourth-order valence-electron chi connectivity index (χ4n) is 1.76. The molecule has 0 spiro atoms. The molecule has 1 aromatic carbocycles. The summed E-state index contributed by atoms with van der Waals surface area (Å²) in [6.07, 6.45) is 1.82. The summed E-state index contributed by atoms with van der Waals surface area (Å²) in [6, 6.07) is 5.93. The Morgan fingerprint density at radius 2 is 2.12 bits per heavy atom. The average molecular weight is 247 g/mol. The molecule has 0 unspecified atom stereocenters. The number of aryl methyl sites for hydroxylation is 1. The van der Waals surface area contributed by atoms with Gasteiger partial charge in [-0.15, -0.1) is 11.3 Å². The second-order valence-electron chi connectivity index (χ2n) is 4.63. The minimum absolute atomic E-state index is 0.214. The number of nitrogens with two attached hydrogens (primary N) is 1. The number of nitrogens with zero attached hydrogens (tertiary/aromatic N) is 1. The number of rotatable bonds is 3. The lowest BCUT2D eigenvalue weighted by atomic mass is 10.0. The molecule has 2 rings (SSSR count). The highest BCUT2D eigenvalue weighted by atomic mass is 32.1. The maximum atomic E-state index is 6.00. The van der Waals surface area contributed by atoms with Gasteiger partial charge in [-0.2, -0.15) is 0 Å². The zero-order chi connectivity index (χ0) is 12.5. The van der Waals surface area contributed by atoms with Crippen LogP contribution in [0.15, 0.2) is 29.8 Å². The highest BCUT2D eigenvalue weighted by molar-refractivity contribution is 7.09. The normalized spacial score (nSPS) is 11.5. The summed E-state index contributed by atoms with van der Waals surface area (Å²) in [5.41, 5.74) is 8.70. The van der Waals surface area contributed by atoms with Crippen molar-refractivity contribution in [3.63, 3.8) is 0 Å². The Kier molecular flexibility index (Phi) is 3.07.